The van der Waals surface area contributed by atoms with Gasteiger partial charge in [-0.2, -0.15) is 12.1 Å². The third kappa shape index (κ3) is 7.57. The van der Waals surface area contributed by atoms with E-state index in [1.54, 1.807) is 0 Å². The van der Waals surface area contributed by atoms with Crippen molar-refractivity contribution in [3.8, 4) is 17.3 Å². The van der Waals surface area contributed by atoms with Crippen LogP contribution in [0.1, 0.15) is 105 Å². The van der Waals surface area contributed by atoms with Crippen LogP contribution in [0.25, 0.3) is 27.6 Å². The summed E-state index contributed by atoms with van der Waals surface area (Å²) in [5.41, 5.74) is 9.87. The fourth-order valence-electron chi connectivity index (χ4n) is 7.75. The van der Waals surface area contributed by atoms with Gasteiger partial charge in [0.1, 0.15) is 11.6 Å². The topological polar surface area (TPSA) is 46.4 Å². The van der Waals surface area contributed by atoms with Crippen LogP contribution in [-0.4, -0.2) is 14.5 Å². The van der Waals surface area contributed by atoms with Crippen LogP contribution >= 0.6 is 0 Å². The Morgan fingerprint density at radius 2 is 1.24 bits per heavy atom. The number of ether oxygens (including phenoxy) is 1. The Morgan fingerprint density at radius 1 is 0.569 bits per heavy atom. The van der Waals surface area contributed by atoms with Crippen LogP contribution in [0.2, 0.25) is 0 Å². The van der Waals surface area contributed by atoms with Gasteiger partial charge in [-0.05, 0) is 79.6 Å². The summed E-state index contributed by atoms with van der Waals surface area (Å²) in [4.78, 5) is 14.3. The molecule has 0 saturated carbocycles. The third-order valence-corrected chi connectivity index (χ3v) is 10.9. The molecular weight excluding hydrogens is 894 g/mol. The van der Waals surface area contributed by atoms with E-state index in [2.05, 4.69) is 183 Å². The van der Waals surface area contributed by atoms with E-state index in [4.69, 9.17) is 14.7 Å². The number of benzene rings is 4. The van der Waals surface area contributed by atoms with Gasteiger partial charge in [0.15, 0.2) is 0 Å². The Bertz CT molecular complexity index is 2610. The first-order chi connectivity index (χ1) is 26.8. The monoisotopic (exact) mass is 947 g/mol. The molecule has 1 aliphatic heterocycles. The molecule has 0 spiro atoms. The molecule has 0 N–H and O–H groups in total. The first-order valence-electron chi connectivity index (χ1n) is 20.0. The molecule has 0 atom stereocenters. The SMILES string of the molecule is CC(C)(C)c1ccnc(-n2c3[c-]c(Oc4[c-]c(N5[CH-]N(c6c(C(C)(C)C)cc(C(C)(C)C)cc6C(C)(C)C)c6ncccc65)ccc4)ccc3c3ccccc32)c1.[Pt]. The second kappa shape index (κ2) is 14.7. The number of pyridine rings is 2. The van der Waals surface area contributed by atoms with Gasteiger partial charge in [0.2, 0.25) is 0 Å². The molecule has 0 fully saturated rings. The molecule has 0 unspecified atom stereocenters. The summed E-state index contributed by atoms with van der Waals surface area (Å²) in [6, 6.07) is 39.0. The van der Waals surface area contributed by atoms with Crippen LogP contribution in [0.5, 0.6) is 11.5 Å². The van der Waals surface area contributed by atoms with Gasteiger partial charge in [-0.1, -0.05) is 119 Å². The summed E-state index contributed by atoms with van der Waals surface area (Å²) in [6.07, 6.45) is 3.78. The zero-order chi connectivity index (χ0) is 40.7. The maximum absolute atomic E-state index is 6.61. The van der Waals surface area contributed by atoms with Gasteiger partial charge in [0.05, 0.1) is 5.69 Å². The average Bonchev–Trinajstić information content (AvgIpc) is 3.69. The Hall–Kier alpha value is -4.93. The number of hydrogen-bond acceptors (Lipinski definition) is 5. The summed E-state index contributed by atoms with van der Waals surface area (Å²) in [6.45, 7) is 29.6. The molecule has 3 aromatic heterocycles. The number of hydrogen-bond donors (Lipinski definition) is 0. The number of para-hydroxylation sites is 1. The van der Waals surface area contributed by atoms with Crippen molar-refractivity contribution in [3.63, 3.8) is 0 Å². The van der Waals surface area contributed by atoms with Crippen LogP contribution in [-0.2, 0) is 42.7 Å². The van der Waals surface area contributed by atoms with E-state index in [0.717, 1.165) is 44.8 Å². The molecule has 7 heteroatoms. The predicted octanol–water partition coefficient (Wildman–Crippen LogP) is 13.6. The number of aromatic nitrogens is 3. The predicted molar refractivity (Wildman–Crippen MR) is 237 cm³/mol. The molecule has 0 radical (unpaired) electrons. The number of rotatable bonds is 5. The Balaban J connectivity index is 0.00000512. The smallest absolute Gasteiger partial charge is 0.135 e. The first kappa shape index (κ1) is 41.2. The van der Waals surface area contributed by atoms with E-state index in [-0.39, 0.29) is 42.7 Å². The van der Waals surface area contributed by atoms with Gasteiger partial charge < -0.3 is 19.1 Å². The molecule has 58 heavy (non-hydrogen) atoms. The van der Waals surface area contributed by atoms with E-state index in [1.165, 1.54) is 27.9 Å². The van der Waals surface area contributed by atoms with Crippen molar-refractivity contribution < 1.29 is 25.8 Å². The summed E-state index contributed by atoms with van der Waals surface area (Å²) < 4.78 is 8.80. The maximum Gasteiger partial charge on any atom is 0.135 e. The average molecular weight is 948 g/mol. The third-order valence-electron chi connectivity index (χ3n) is 10.9. The molecular formula is C51H54N5OPt-3. The molecule has 7 aromatic rings. The maximum atomic E-state index is 6.61. The van der Waals surface area contributed by atoms with Crippen LogP contribution in [0.3, 0.4) is 0 Å². The molecule has 4 heterocycles. The van der Waals surface area contributed by atoms with Gasteiger partial charge >= 0.3 is 0 Å². The number of fused-ring (bicyclic) bond motifs is 4. The van der Waals surface area contributed by atoms with E-state index < -0.39 is 0 Å². The normalized spacial score (nSPS) is 13.6. The van der Waals surface area contributed by atoms with Gasteiger partial charge in [-0.15, -0.1) is 48.1 Å². The van der Waals surface area contributed by atoms with Crippen molar-refractivity contribution in [3.05, 3.63) is 144 Å². The van der Waals surface area contributed by atoms with Gasteiger partial charge in [-0.25, -0.2) is 9.97 Å². The second-order valence-corrected chi connectivity index (χ2v) is 19.5. The van der Waals surface area contributed by atoms with Crippen molar-refractivity contribution in [1.29, 1.82) is 0 Å². The quantitative estimate of drug-likeness (QED) is 0.161. The molecule has 0 aliphatic carbocycles. The Morgan fingerprint density at radius 3 is 1.91 bits per heavy atom. The molecule has 1 aliphatic rings. The minimum absolute atomic E-state index is 0. The summed E-state index contributed by atoms with van der Waals surface area (Å²) >= 11 is 0. The molecule has 0 amide bonds. The van der Waals surface area contributed by atoms with Crippen LogP contribution in [0, 0.1) is 18.8 Å². The van der Waals surface area contributed by atoms with Gasteiger partial charge in [0.25, 0.3) is 0 Å². The molecule has 4 aromatic carbocycles. The van der Waals surface area contributed by atoms with Crippen LogP contribution in [0.4, 0.5) is 22.9 Å². The fourth-order valence-corrected chi connectivity index (χ4v) is 7.75. The van der Waals surface area contributed by atoms with E-state index >= 15 is 0 Å². The first-order valence-corrected chi connectivity index (χ1v) is 20.0. The zero-order valence-electron chi connectivity index (χ0n) is 35.9. The second-order valence-electron chi connectivity index (χ2n) is 19.5. The molecule has 0 saturated heterocycles. The minimum Gasteiger partial charge on any atom is -0.509 e. The van der Waals surface area contributed by atoms with E-state index in [9.17, 15) is 0 Å². The van der Waals surface area contributed by atoms with Crippen molar-refractivity contribution in [2.75, 3.05) is 9.80 Å². The summed E-state index contributed by atoms with van der Waals surface area (Å²) in [7, 11) is 0. The van der Waals surface area contributed by atoms with E-state index in [1.807, 2.05) is 36.7 Å². The van der Waals surface area contributed by atoms with Gasteiger partial charge in [0, 0.05) is 56.2 Å². The minimum atomic E-state index is -0.124. The van der Waals surface area contributed by atoms with Gasteiger partial charge in [-0.3, -0.25) is 0 Å². The fraction of sp³-hybridized carbons (Fsp3) is 0.314. The van der Waals surface area contributed by atoms with Crippen molar-refractivity contribution >= 4 is 44.7 Å². The Labute approximate surface area is 359 Å². The summed E-state index contributed by atoms with van der Waals surface area (Å²) in [5, 5.41) is 2.24. The van der Waals surface area contributed by atoms with Crippen LogP contribution < -0.4 is 14.5 Å². The van der Waals surface area contributed by atoms with Crippen LogP contribution in [0.15, 0.2) is 103 Å². The standard InChI is InChI=1S/C51H54N5O.Pt/c1-48(2,3)33-24-26-52-45(29-33)56-42-20-14-13-19-38(42)39-23-22-37(31-44(39)56)57-36-18-15-17-35(30-36)54-32-55(47-43(54)21-16-25-53-47)46-40(50(7,8)9)27-34(49(4,5)6)28-41(46)51(10,11)12;/h13-29,32H,1-12H3;/q-3;. The molecule has 6 nitrogen and oxygen atoms in total. The zero-order valence-corrected chi connectivity index (χ0v) is 38.1. The number of nitrogens with zero attached hydrogens (tertiary/aromatic N) is 5. The largest absolute Gasteiger partial charge is 0.509 e. The van der Waals surface area contributed by atoms with Crippen molar-refractivity contribution in [1.82, 2.24) is 14.5 Å². The Kier molecular flexibility index (Phi) is 10.5. The molecule has 8 rings (SSSR count). The summed E-state index contributed by atoms with van der Waals surface area (Å²) in [5.74, 6) is 2.93. The number of anilines is 4. The van der Waals surface area contributed by atoms with Crippen molar-refractivity contribution in [2.45, 2.75) is 105 Å². The molecule has 0 bridgehead atoms. The molecule has 302 valence electrons. The van der Waals surface area contributed by atoms with E-state index in [0.29, 0.717) is 11.5 Å². The van der Waals surface area contributed by atoms with Crippen molar-refractivity contribution in [2.24, 2.45) is 0 Å².